The molecule has 1 nitrogen and oxygen atoms in total. The standard InChI is InChI=1S/C6H12N.U/c1-4-7(5-2)6-3;/h6H,1-2,4-5H2,3H3;/q-1;+2. The molecule has 0 aromatic carbocycles. The molecule has 0 bridgehead atoms. The minimum Gasteiger partial charge on any atom is -0.296 e. The van der Waals surface area contributed by atoms with Crippen molar-refractivity contribution in [1.29, 1.82) is 0 Å². The third-order valence-electron chi connectivity index (χ3n) is 0.940. The van der Waals surface area contributed by atoms with Crippen molar-refractivity contribution in [3.05, 3.63) is 13.8 Å². The van der Waals surface area contributed by atoms with Crippen molar-refractivity contribution in [1.82, 2.24) is 0 Å². The Morgan fingerprint density at radius 2 is 1.75 bits per heavy atom. The molecule has 8 heavy (non-hydrogen) atoms. The number of hydrogen-bond donors (Lipinski definition) is 0. The van der Waals surface area contributed by atoms with E-state index in [1.54, 1.807) is 0 Å². The first-order chi connectivity index (χ1) is 3.35. The van der Waals surface area contributed by atoms with Crippen LogP contribution in [-0.4, -0.2) is 23.9 Å². The summed E-state index contributed by atoms with van der Waals surface area (Å²) in [5.41, 5.74) is 0. The number of rotatable bonds is 2. The minimum absolute atomic E-state index is 0. The normalized spacial score (nSPS) is 7.38. The molecule has 0 aromatic heterocycles. The molecule has 0 aromatic rings. The molecule has 0 spiro atoms. The van der Waals surface area contributed by atoms with Crippen molar-refractivity contribution in [3.63, 3.8) is 0 Å². The molecule has 0 atom stereocenters. The van der Waals surface area contributed by atoms with Gasteiger partial charge >= 0.3 is 31.1 Å². The van der Waals surface area contributed by atoms with Crippen LogP contribution >= 0.6 is 0 Å². The maximum atomic E-state index is 3.68. The Hall–Kier alpha value is 0.722. The van der Waals surface area contributed by atoms with E-state index in [1.807, 2.05) is 17.7 Å². The van der Waals surface area contributed by atoms with Crippen molar-refractivity contribution < 1.29 is 35.7 Å². The van der Waals surface area contributed by atoms with Gasteiger partial charge in [-0.1, -0.05) is 0 Å². The van der Waals surface area contributed by atoms with E-state index in [-0.39, 0.29) is 31.1 Å². The van der Waals surface area contributed by atoms with Crippen LogP contribution in [0.5, 0.6) is 0 Å². The quantitative estimate of drug-likeness (QED) is 0.398. The van der Waals surface area contributed by atoms with Crippen LogP contribution in [0.4, 0.5) is 0 Å². The van der Waals surface area contributed by atoms with E-state index in [1.165, 1.54) is 0 Å². The van der Waals surface area contributed by atoms with Gasteiger partial charge in [0, 0.05) is 20.0 Å². The monoisotopic (exact) mass is 336 g/mol. The topological polar surface area (TPSA) is 3.01 Å². The summed E-state index contributed by atoms with van der Waals surface area (Å²) < 4.78 is 2.03. The Morgan fingerprint density at radius 3 is 1.75 bits per heavy atom. The molecule has 0 aliphatic rings. The van der Waals surface area contributed by atoms with Gasteiger partial charge in [-0.3, -0.25) is 18.4 Å². The van der Waals surface area contributed by atoms with Gasteiger partial charge in [0.2, 0.25) is 0 Å². The maximum absolute atomic E-state index is 3.68. The molecule has 0 rings (SSSR count). The van der Waals surface area contributed by atoms with E-state index in [9.17, 15) is 0 Å². The van der Waals surface area contributed by atoms with Gasteiger partial charge in [0.05, 0.1) is 0 Å². The molecule has 2 heteroatoms. The summed E-state index contributed by atoms with van der Waals surface area (Å²) in [5, 5.41) is 0. The minimum atomic E-state index is 0. The predicted octanol–water partition coefficient (Wildman–Crippen LogP) is 0.758. The molecule has 0 aliphatic carbocycles. The average Bonchev–Trinajstić information content (AvgIpc) is 1.72. The third-order valence-corrected chi connectivity index (χ3v) is 0.940. The van der Waals surface area contributed by atoms with Crippen molar-refractivity contribution in [2.45, 2.75) is 6.92 Å². The molecule has 0 N–H and O–H groups in total. The fraction of sp³-hybridized carbons (Fsp3) is 0.500. The van der Waals surface area contributed by atoms with Gasteiger partial charge in [0.25, 0.3) is 0 Å². The van der Waals surface area contributed by atoms with Crippen LogP contribution < -0.4 is 0 Å². The summed E-state index contributed by atoms with van der Waals surface area (Å²) >= 11 is 0. The Labute approximate surface area is 75.5 Å². The SMILES string of the molecule is [CH2-]C[N+](=CC)C[CH2-].[U+2]. The van der Waals surface area contributed by atoms with Gasteiger partial charge in [-0.05, 0) is 0 Å². The van der Waals surface area contributed by atoms with E-state index in [0.29, 0.717) is 0 Å². The molecule has 0 amide bonds. The molecule has 0 unspecified atom stereocenters. The Morgan fingerprint density at radius 1 is 1.38 bits per heavy atom. The van der Waals surface area contributed by atoms with Crippen LogP contribution in [0.3, 0.4) is 0 Å². The number of nitrogens with zero attached hydrogens (tertiary/aromatic N) is 1. The summed E-state index contributed by atoms with van der Waals surface area (Å²) in [4.78, 5) is 0. The fourth-order valence-electron chi connectivity index (χ4n) is 0.370. The van der Waals surface area contributed by atoms with Crippen LogP contribution in [-0.2, 0) is 0 Å². The maximum Gasteiger partial charge on any atom is 2.00 e. The molecule has 0 fully saturated rings. The Balaban J connectivity index is 0. The van der Waals surface area contributed by atoms with E-state index < -0.39 is 0 Å². The second kappa shape index (κ2) is 7.72. The summed E-state index contributed by atoms with van der Waals surface area (Å²) in [6, 6.07) is 0. The van der Waals surface area contributed by atoms with Crippen LogP contribution in [0.15, 0.2) is 0 Å². The molecule has 44 valence electrons. The number of hydrogen-bond acceptors (Lipinski definition) is 0. The zero-order chi connectivity index (χ0) is 5.70. The third kappa shape index (κ3) is 4.87. The van der Waals surface area contributed by atoms with Gasteiger partial charge < -0.3 is 0 Å². The summed E-state index contributed by atoms with van der Waals surface area (Å²) in [7, 11) is 0. The largest absolute Gasteiger partial charge is 2.00 e. The first-order valence-electron chi connectivity index (χ1n) is 2.47. The first-order valence-corrected chi connectivity index (χ1v) is 2.47. The van der Waals surface area contributed by atoms with Gasteiger partial charge in [-0.15, -0.1) is 0 Å². The van der Waals surface area contributed by atoms with Gasteiger partial charge in [0.1, 0.15) is 6.21 Å². The Kier molecular flexibility index (Phi) is 11.1. The van der Waals surface area contributed by atoms with E-state index in [0.717, 1.165) is 13.1 Å². The fourth-order valence-corrected chi connectivity index (χ4v) is 0.370. The second-order valence-corrected chi connectivity index (χ2v) is 1.29. The van der Waals surface area contributed by atoms with Crippen LogP contribution in [0.2, 0.25) is 0 Å². The van der Waals surface area contributed by atoms with Gasteiger partial charge in [0.15, 0.2) is 0 Å². The van der Waals surface area contributed by atoms with Crippen molar-refractivity contribution >= 4 is 6.21 Å². The smallest absolute Gasteiger partial charge is 0.296 e. The van der Waals surface area contributed by atoms with Crippen LogP contribution in [0, 0.1) is 45.0 Å². The predicted molar refractivity (Wildman–Crippen MR) is 32.4 cm³/mol. The molecule has 0 saturated heterocycles. The van der Waals surface area contributed by atoms with Crippen LogP contribution in [0.1, 0.15) is 6.92 Å². The molecule has 0 heterocycles. The van der Waals surface area contributed by atoms with Gasteiger partial charge in [-0.25, -0.2) is 0 Å². The van der Waals surface area contributed by atoms with Crippen LogP contribution in [0.25, 0.3) is 0 Å². The van der Waals surface area contributed by atoms with E-state index >= 15 is 0 Å². The molecular weight excluding hydrogens is 324 g/mol. The zero-order valence-corrected chi connectivity index (χ0v) is 9.52. The molecule has 0 aliphatic heterocycles. The van der Waals surface area contributed by atoms with Crippen molar-refractivity contribution in [2.75, 3.05) is 13.1 Å². The zero-order valence-electron chi connectivity index (χ0n) is 5.35. The van der Waals surface area contributed by atoms with E-state index in [4.69, 9.17) is 0 Å². The average molecular weight is 336 g/mol. The summed E-state index contributed by atoms with van der Waals surface area (Å²) in [6.07, 6.45) is 1.99. The molecular formula is C6H12NU+. The van der Waals surface area contributed by atoms with E-state index in [2.05, 4.69) is 13.8 Å². The molecule has 0 saturated carbocycles. The first kappa shape index (κ1) is 11.5. The van der Waals surface area contributed by atoms with Crippen molar-refractivity contribution in [2.24, 2.45) is 0 Å². The van der Waals surface area contributed by atoms with Crippen molar-refractivity contribution in [3.8, 4) is 0 Å². The summed E-state index contributed by atoms with van der Waals surface area (Å²) in [6.45, 7) is 11.0. The molecule has 0 radical (unpaired) electrons. The van der Waals surface area contributed by atoms with Gasteiger partial charge in [-0.2, -0.15) is 0 Å². The second-order valence-electron chi connectivity index (χ2n) is 1.29. The Bertz CT molecular complexity index is 62.9. The summed E-state index contributed by atoms with van der Waals surface area (Å²) in [5.74, 6) is 0.